The summed E-state index contributed by atoms with van der Waals surface area (Å²) in [6, 6.07) is 9.25. The molecule has 0 radical (unpaired) electrons. The van der Waals surface area contributed by atoms with E-state index in [1.54, 1.807) is 13.6 Å². The average molecular weight is 222 g/mol. The van der Waals surface area contributed by atoms with Gasteiger partial charge in [0, 0.05) is 5.30 Å². The highest BCUT2D eigenvalue weighted by Gasteiger charge is 2.20. The highest BCUT2D eigenvalue weighted by Crippen LogP contribution is 2.48. The number of allylic oxidation sites excluding steroid dienone is 2. The van der Waals surface area contributed by atoms with Crippen molar-refractivity contribution in [3.63, 3.8) is 0 Å². The van der Waals surface area contributed by atoms with Gasteiger partial charge in [0.15, 0.2) is 5.78 Å². The average Bonchev–Trinajstić information content (AvgIpc) is 2.18. The molecule has 1 unspecified atom stereocenters. The van der Waals surface area contributed by atoms with E-state index in [0.717, 1.165) is 5.30 Å². The molecule has 0 saturated heterocycles. The molecule has 2 nitrogen and oxygen atoms in total. The molecule has 15 heavy (non-hydrogen) atoms. The minimum Gasteiger partial charge on any atom is -0.314 e. The molecule has 0 bridgehead atoms. The Balaban J connectivity index is 3.14. The highest BCUT2D eigenvalue weighted by atomic mass is 31.2. The van der Waals surface area contributed by atoms with E-state index < -0.39 is 7.14 Å². The lowest BCUT2D eigenvalue weighted by Crippen LogP contribution is -2.04. The molecule has 3 heteroatoms. The van der Waals surface area contributed by atoms with Crippen LogP contribution >= 0.6 is 7.14 Å². The normalized spacial score (nSPS) is 15.8. The SMILES string of the molecule is CC(=O)/C=C(/C)P(C)(=O)c1ccccc1. The van der Waals surface area contributed by atoms with Crippen LogP contribution < -0.4 is 5.30 Å². The summed E-state index contributed by atoms with van der Waals surface area (Å²) >= 11 is 0. The molecule has 1 rings (SSSR count). The number of ketones is 1. The van der Waals surface area contributed by atoms with Crippen LogP contribution in [-0.4, -0.2) is 12.4 Å². The van der Waals surface area contributed by atoms with E-state index in [1.165, 1.54) is 13.0 Å². The molecule has 1 aromatic carbocycles. The van der Waals surface area contributed by atoms with Gasteiger partial charge in [-0.3, -0.25) is 4.79 Å². The molecule has 0 amide bonds. The predicted octanol–water partition coefficient (Wildman–Crippen LogP) is 2.80. The van der Waals surface area contributed by atoms with E-state index in [4.69, 9.17) is 0 Å². The summed E-state index contributed by atoms with van der Waals surface area (Å²) in [5.74, 6) is -0.0643. The fraction of sp³-hybridized carbons (Fsp3) is 0.250. The van der Waals surface area contributed by atoms with Gasteiger partial charge in [-0.15, -0.1) is 0 Å². The zero-order valence-corrected chi connectivity index (χ0v) is 10.1. The van der Waals surface area contributed by atoms with Crippen molar-refractivity contribution in [1.29, 1.82) is 0 Å². The molecule has 1 atom stereocenters. The number of hydrogen-bond acceptors (Lipinski definition) is 2. The van der Waals surface area contributed by atoms with Gasteiger partial charge < -0.3 is 4.57 Å². The Morgan fingerprint density at radius 3 is 2.20 bits per heavy atom. The van der Waals surface area contributed by atoms with Gasteiger partial charge in [0.05, 0.1) is 0 Å². The topological polar surface area (TPSA) is 34.1 Å². The smallest absolute Gasteiger partial charge is 0.153 e. The monoisotopic (exact) mass is 222 g/mol. The minimum absolute atomic E-state index is 0.0643. The van der Waals surface area contributed by atoms with Gasteiger partial charge in [-0.05, 0) is 31.9 Å². The maximum Gasteiger partial charge on any atom is 0.153 e. The van der Waals surface area contributed by atoms with E-state index in [1.807, 2.05) is 30.3 Å². The molecule has 0 N–H and O–H groups in total. The minimum atomic E-state index is -2.55. The van der Waals surface area contributed by atoms with Gasteiger partial charge in [0.25, 0.3) is 0 Å². The molecule has 0 spiro atoms. The quantitative estimate of drug-likeness (QED) is 0.582. The number of benzene rings is 1. The lowest BCUT2D eigenvalue weighted by Gasteiger charge is -2.13. The Bertz CT molecular complexity index is 432. The van der Waals surface area contributed by atoms with Crippen LogP contribution in [0.1, 0.15) is 13.8 Å². The van der Waals surface area contributed by atoms with E-state index >= 15 is 0 Å². The summed E-state index contributed by atoms with van der Waals surface area (Å²) in [6.07, 6.45) is 1.45. The third kappa shape index (κ3) is 2.90. The van der Waals surface area contributed by atoms with Crippen LogP contribution in [0.15, 0.2) is 41.7 Å². The summed E-state index contributed by atoms with van der Waals surface area (Å²) in [5, 5.41) is 1.45. The summed E-state index contributed by atoms with van der Waals surface area (Å²) in [5.41, 5.74) is 0. The van der Waals surface area contributed by atoms with Gasteiger partial charge in [0.1, 0.15) is 7.14 Å². The van der Waals surface area contributed by atoms with E-state index in [-0.39, 0.29) is 5.78 Å². The molecule has 0 fully saturated rings. The molecule has 0 aliphatic heterocycles. The van der Waals surface area contributed by atoms with Crippen LogP contribution in [0, 0.1) is 0 Å². The standard InChI is InChI=1S/C12H15O2P/c1-10(13)9-11(2)15(3,14)12-7-5-4-6-8-12/h4-9H,1-3H3/b11-9-. The summed E-state index contributed by atoms with van der Waals surface area (Å²) < 4.78 is 12.4. The molecule has 0 saturated carbocycles. The number of carbonyl (C=O) groups excluding carboxylic acids is 1. The highest BCUT2D eigenvalue weighted by molar-refractivity contribution is 7.74. The van der Waals surface area contributed by atoms with Gasteiger partial charge in [-0.2, -0.15) is 0 Å². The molecular formula is C12H15O2P. The Morgan fingerprint density at radius 1 is 1.20 bits per heavy atom. The number of rotatable bonds is 3. The molecule has 0 aromatic heterocycles. The first-order chi connectivity index (χ1) is 6.94. The fourth-order valence-corrected chi connectivity index (χ4v) is 2.91. The Labute approximate surface area is 90.4 Å². The molecule has 1 aromatic rings. The molecule has 0 heterocycles. The van der Waals surface area contributed by atoms with Crippen LogP contribution in [-0.2, 0) is 9.36 Å². The molecule has 0 aliphatic carbocycles. The van der Waals surface area contributed by atoms with Gasteiger partial charge >= 0.3 is 0 Å². The van der Waals surface area contributed by atoms with Crippen LogP contribution in [0.3, 0.4) is 0 Å². The Hall–Kier alpha value is -1.14. The van der Waals surface area contributed by atoms with Gasteiger partial charge in [0.2, 0.25) is 0 Å². The predicted molar refractivity (Wildman–Crippen MR) is 64.0 cm³/mol. The first kappa shape index (κ1) is 11.9. The third-order valence-electron chi connectivity index (χ3n) is 2.33. The van der Waals surface area contributed by atoms with Crippen molar-refractivity contribution in [2.75, 3.05) is 6.66 Å². The summed E-state index contributed by atoms with van der Waals surface area (Å²) in [7, 11) is -2.55. The lowest BCUT2D eigenvalue weighted by molar-refractivity contribution is -0.112. The summed E-state index contributed by atoms with van der Waals surface area (Å²) in [6.45, 7) is 4.90. The number of carbonyl (C=O) groups is 1. The zero-order valence-electron chi connectivity index (χ0n) is 9.23. The van der Waals surface area contributed by atoms with E-state index in [2.05, 4.69) is 0 Å². The van der Waals surface area contributed by atoms with Crippen molar-refractivity contribution >= 4 is 18.2 Å². The van der Waals surface area contributed by atoms with Crippen molar-refractivity contribution in [3.05, 3.63) is 41.7 Å². The maximum atomic E-state index is 12.4. The van der Waals surface area contributed by atoms with Crippen molar-refractivity contribution in [3.8, 4) is 0 Å². The Morgan fingerprint density at radius 2 is 1.73 bits per heavy atom. The number of hydrogen-bond donors (Lipinski definition) is 0. The second kappa shape index (κ2) is 4.59. The van der Waals surface area contributed by atoms with Gasteiger partial charge in [-0.25, -0.2) is 0 Å². The van der Waals surface area contributed by atoms with Crippen molar-refractivity contribution in [2.24, 2.45) is 0 Å². The first-order valence-corrected chi connectivity index (χ1v) is 6.92. The second-order valence-electron chi connectivity index (χ2n) is 3.66. The van der Waals surface area contributed by atoms with Crippen molar-refractivity contribution < 1.29 is 9.36 Å². The Kier molecular flexibility index (Phi) is 3.65. The van der Waals surface area contributed by atoms with Crippen LogP contribution in [0.4, 0.5) is 0 Å². The summed E-state index contributed by atoms with van der Waals surface area (Å²) in [4.78, 5) is 10.9. The fourth-order valence-electron chi connectivity index (χ4n) is 1.33. The van der Waals surface area contributed by atoms with E-state index in [9.17, 15) is 9.36 Å². The van der Waals surface area contributed by atoms with Crippen molar-refractivity contribution in [1.82, 2.24) is 0 Å². The van der Waals surface area contributed by atoms with Crippen molar-refractivity contribution in [2.45, 2.75) is 13.8 Å². The van der Waals surface area contributed by atoms with Crippen LogP contribution in [0.25, 0.3) is 0 Å². The van der Waals surface area contributed by atoms with E-state index in [0.29, 0.717) is 5.31 Å². The largest absolute Gasteiger partial charge is 0.314 e. The second-order valence-corrected chi connectivity index (χ2v) is 6.73. The van der Waals surface area contributed by atoms with Crippen LogP contribution in [0.2, 0.25) is 0 Å². The first-order valence-electron chi connectivity index (χ1n) is 4.77. The van der Waals surface area contributed by atoms with Gasteiger partial charge in [-0.1, -0.05) is 30.3 Å². The van der Waals surface area contributed by atoms with Crippen LogP contribution in [0.5, 0.6) is 0 Å². The maximum absolute atomic E-state index is 12.4. The molecule has 0 aliphatic rings. The molecule has 80 valence electrons. The molecular weight excluding hydrogens is 207 g/mol. The third-order valence-corrected chi connectivity index (χ3v) is 5.09. The zero-order chi connectivity index (χ0) is 11.5. The lowest BCUT2D eigenvalue weighted by atomic mass is 10.4.